The summed E-state index contributed by atoms with van der Waals surface area (Å²) in [6, 6.07) is 12.0. The number of hydrogen-bond donors (Lipinski definition) is 0. The van der Waals surface area contributed by atoms with E-state index in [1.54, 1.807) is 47.5 Å². The van der Waals surface area contributed by atoms with Gasteiger partial charge in [-0.15, -0.1) is 0 Å². The number of rotatable bonds is 4. The van der Waals surface area contributed by atoms with E-state index in [2.05, 4.69) is 4.98 Å². The molecular weight excluding hydrogens is 255 g/mol. The van der Waals surface area contributed by atoms with Gasteiger partial charge in [-0.25, -0.2) is 4.39 Å². The maximum absolute atomic E-state index is 13.7. The standard InChI is InChI=1S/C16H15FN2O/c17-14-6-2-1-5-12(14)11-19(13-8-9-13)16(20)15-7-3-4-10-18-15/h1-7,10,13H,8-9,11H2. The van der Waals surface area contributed by atoms with Crippen LogP contribution in [0.4, 0.5) is 4.39 Å². The second-order valence-corrected chi connectivity index (χ2v) is 4.97. The third-order valence-corrected chi connectivity index (χ3v) is 3.43. The Morgan fingerprint density at radius 1 is 1.20 bits per heavy atom. The molecule has 1 aliphatic carbocycles. The van der Waals surface area contributed by atoms with E-state index in [1.807, 2.05) is 0 Å². The molecule has 0 aliphatic heterocycles. The Balaban J connectivity index is 1.83. The van der Waals surface area contributed by atoms with E-state index in [9.17, 15) is 9.18 Å². The number of carbonyl (C=O) groups excluding carboxylic acids is 1. The molecule has 3 rings (SSSR count). The van der Waals surface area contributed by atoms with Crippen molar-refractivity contribution < 1.29 is 9.18 Å². The minimum Gasteiger partial charge on any atom is -0.330 e. The Morgan fingerprint density at radius 3 is 2.60 bits per heavy atom. The van der Waals surface area contributed by atoms with Gasteiger partial charge < -0.3 is 4.90 Å². The highest BCUT2D eigenvalue weighted by molar-refractivity contribution is 5.92. The second kappa shape index (κ2) is 5.41. The van der Waals surface area contributed by atoms with Crippen LogP contribution in [-0.2, 0) is 6.54 Å². The third kappa shape index (κ3) is 2.69. The predicted octanol–water partition coefficient (Wildman–Crippen LogP) is 3.03. The second-order valence-electron chi connectivity index (χ2n) is 4.97. The fraction of sp³-hybridized carbons (Fsp3) is 0.250. The van der Waals surface area contributed by atoms with Gasteiger partial charge in [0.25, 0.3) is 5.91 Å². The first-order valence-corrected chi connectivity index (χ1v) is 6.71. The molecule has 1 heterocycles. The van der Waals surface area contributed by atoms with E-state index < -0.39 is 0 Å². The van der Waals surface area contributed by atoms with Crippen LogP contribution in [0.15, 0.2) is 48.7 Å². The van der Waals surface area contributed by atoms with Crippen molar-refractivity contribution in [2.45, 2.75) is 25.4 Å². The van der Waals surface area contributed by atoms with Gasteiger partial charge in [-0.2, -0.15) is 0 Å². The van der Waals surface area contributed by atoms with Crippen LogP contribution in [0.5, 0.6) is 0 Å². The van der Waals surface area contributed by atoms with E-state index >= 15 is 0 Å². The number of benzene rings is 1. The molecule has 0 bridgehead atoms. The van der Waals surface area contributed by atoms with Crippen LogP contribution >= 0.6 is 0 Å². The molecule has 2 aromatic rings. The van der Waals surface area contributed by atoms with Crippen molar-refractivity contribution >= 4 is 5.91 Å². The summed E-state index contributed by atoms with van der Waals surface area (Å²) in [7, 11) is 0. The Morgan fingerprint density at radius 2 is 1.95 bits per heavy atom. The normalized spacial score (nSPS) is 14.1. The fourth-order valence-electron chi connectivity index (χ4n) is 2.20. The van der Waals surface area contributed by atoms with Crippen molar-refractivity contribution in [2.24, 2.45) is 0 Å². The minimum atomic E-state index is -0.271. The van der Waals surface area contributed by atoms with Crippen LogP contribution in [0.2, 0.25) is 0 Å². The predicted molar refractivity (Wildman–Crippen MR) is 73.5 cm³/mol. The summed E-state index contributed by atoms with van der Waals surface area (Å²) < 4.78 is 13.7. The van der Waals surface area contributed by atoms with Crippen molar-refractivity contribution in [1.82, 2.24) is 9.88 Å². The summed E-state index contributed by atoms with van der Waals surface area (Å²) in [4.78, 5) is 18.3. The highest BCUT2D eigenvalue weighted by Gasteiger charge is 2.33. The molecule has 1 aromatic carbocycles. The van der Waals surface area contributed by atoms with Crippen molar-refractivity contribution in [3.8, 4) is 0 Å². The number of nitrogens with zero attached hydrogens (tertiary/aromatic N) is 2. The van der Waals surface area contributed by atoms with Gasteiger partial charge in [0, 0.05) is 24.3 Å². The number of amides is 1. The lowest BCUT2D eigenvalue weighted by Crippen LogP contribution is -2.33. The molecule has 20 heavy (non-hydrogen) atoms. The SMILES string of the molecule is O=C(c1ccccn1)N(Cc1ccccc1F)C1CC1. The molecule has 0 saturated heterocycles. The maximum Gasteiger partial charge on any atom is 0.272 e. The molecule has 1 amide bonds. The summed E-state index contributed by atoms with van der Waals surface area (Å²) in [5.41, 5.74) is 0.958. The summed E-state index contributed by atoms with van der Waals surface area (Å²) in [5.74, 6) is -0.400. The number of hydrogen-bond acceptors (Lipinski definition) is 2. The molecule has 1 aromatic heterocycles. The van der Waals surface area contributed by atoms with E-state index in [0.29, 0.717) is 17.8 Å². The zero-order valence-electron chi connectivity index (χ0n) is 11.0. The highest BCUT2D eigenvalue weighted by Crippen LogP contribution is 2.29. The van der Waals surface area contributed by atoms with Crippen LogP contribution in [0.1, 0.15) is 28.9 Å². The average Bonchev–Trinajstić information content (AvgIpc) is 3.31. The molecule has 3 nitrogen and oxygen atoms in total. The molecule has 0 N–H and O–H groups in total. The topological polar surface area (TPSA) is 33.2 Å². The minimum absolute atomic E-state index is 0.128. The first kappa shape index (κ1) is 12.8. The molecule has 102 valence electrons. The van der Waals surface area contributed by atoms with Crippen molar-refractivity contribution in [3.05, 3.63) is 65.7 Å². The van der Waals surface area contributed by atoms with Crippen LogP contribution in [0.25, 0.3) is 0 Å². The lowest BCUT2D eigenvalue weighted by atomic mass is 10.2. The van der Waals surface area contributed by atoms with Gasteiger partial charge in [-0.05, 0) is 31.0 Å². The monoisotopic (exact) mass is 270 g/mol. The van der Waals surface area contributed by atoms with Crippen molar-refractivity contribution in [3.63, 3.8) is 0 Å². The Bertz CT molecular complexity index is 611. The molecule has 1 saturated carbocycles. The lowest BCUT2D eigenvalue weighted by molar-refractivity contribution is 0.0722. The van der Waals surface area contributed by atoms with Gasteiger partial charge >= 0.3 is 0 Å². The average molecular weight is 270 g/mol. The molecule has 1 fully saturated rings. The molecule has 0 unspecified atom stereocenters. The van der Waals surface area contributed by atoms with E-state index in [1.165, 1.54) is 6.07 Å². The molecule has 0 radical (unpaired) electrons. The maximum atomic E-state index is 13.7. The molecule has 4 heteroatoms. The van der Waals surface area contributed by atoms with E-state index in [0.717, 1.165) is 12.8 Å². The number of carbonyl (C=O) groups is 1. The summed E-state index contributed by atoms with van der Waals surface area (Å²) >= 11 is 0. The Labute approximate surface area is 117 Å². The molecule has 0 spiro atoms. The lowest BCUT2D eigenvalue weighted by Gasteiger charge is -2.22. The van der Waals surface area contributed by atoms with Gasteiger partial charge in [-0.3, -0.25) is 9.78 Å². The van der Waals surface area contributed by atoms with Crippen LogP contribution < -0.4 is 0 Å². The zero-order chi connectivity index (χ0) is 13.9. The van der Waals surface area contributed by atoms with Gasteiger partial charge in [0.15, 0.2) is 0 Å². The molecule has 1 aliphatic rings. The largest absolute Gasteiger partial charge is 0.330 e. The molecule has 0 atom stereocenters. The first-order chi connectivity index (χ1) is 9.75. The van der Waals surface area contributed by atoms with Crippen molar-refractivity contribution in [2.75, 3.05) is 0 Å². The molecular formula is C16H15FN2O. The highest BCUT2D eigenvalue weighted by atomic mass is 19.1. The Kier molecular flexibility index (Phi) is 3.46. The van der Waals surface area contributed by atoms with Crippen LogP contribution in [0, 0.1) is 5.82 Å². The number of halogens is 1. The summed E-state index contributed by atoms with van der Waals surface area (Å²) in [5, 5.41) is 0. The van der Waals surface area contributed by atoms with Crippen LogP contribution in [0.3, 0.4) is 0 Å². The number of aromatic nitrogens is 1. The fourth-order valence-corrected chi connectivity index (χ4v) is 2.20. The Hall–Kier alpha value is -2.23. The first-order valence-electron chi connectivity index (χ1n) is 6.71. The van der Waals surface area contributed by atoms with Gasteiger partial charge in [0.1, 0.15) is 11.5 Å². The zero-order valence-corrected chi connectivity index (χ0v) is 11.0. The third-order valence-electron chi connectivity index (χ3n) is 3.43. The number of pyridine rings is 1. The summed E-state index contributed by atoms with van der Waals surface area (Å²) in [6.07, 6.45) is 3.56. The van der Waals surface area contributed by atoms with Crippen LogP contribution in [-0.4, -0.2) is 21.8 Å². The van der Waals surface area contributed by atoms with Gasteiger partial charge in [-0.1, -0.05) is 24.3 Å². The summed E-state index contributed by atoms with van der Waals surface area (Å²) in [6.45, 7) is 0.298. The van der Waals surface area contributed by atoms with E-state index in [4.69, 9.17) is 0 Å². The quantitative estimate of drug-likeness (QED) is 0.855. The van der Waals surface area contributed by atoms with Gasteiger partial charge in [0.05, 0.1) is 0 Å². The smallest absolute Gasteiger partial charge is 0.272 e. The van der Waals surface area contributed by atoms with Gasteiger partial charge in [0.2, 0.25) is 0 Å². The van der Waals surface area contributed by atoms with E-state index in [-0.39, 0.29) is 17.8 Å². The van der Waals surface area contributed by atoms with Crippen molar-refractivity contribution in [1.29, 1.82) is 0 Å².